The van der Waals surface area contributed by atoms with E-state index in [1.54, 1.807) is 6.20 Å². The van der Waals surface area contributed by atoms with E-state index in [0.29, 0.717) is 12.2 Å². The molecule has 0 saturated carbocycles. The maximum Gasteiger partial charge on any atom is 0.325 e. The van der Waals surface area contributed by atoms with Crippen molar-refractivity contribution in [2.75, 3.05) is 25.9 Å². The molecule has 0 saturated heterocycles. The standard InChI is InChI=1S/C11H18N4O3/c1-3-4-14(8-11(17)18-2)10(16)7-15-6-9(12)5-13-15/h5-6H,3-4,7-8,12H2,1-2H3. The summed E-state index contributed by atoms with van der Waals surface area (Å²) in [4.78, 5) is 24.6. The van der Waals surface area contributed by atoms with Crippen molar-refractivity contribution in [3.05, 3.63) is 12.4 Å². The number of ether oxygens (including phenoxy) is 1. The quantitative estimate of drug-likeness (QED) is 0.714. The van der Waals surface area contributed by atoms with Gasteiger partial charge in [-0.3, -0.25) is 14.3 Å². The second-order valence-corrected chi connectivity index (χ2v) is 3.86. The Morgan fingerprint density at radius 3 is 2.78 bits per heavy atom. The first-order chi connectivity index (χ1) is 8.56. The fourth-order valence-corrected chi connectivity index (χ4v) is 1.49. The Labute approximate surface area is 105 Å². The number of rotatable bonds is 6. The highest BCUT2D eigenvalue weighted by Crippen LogP contribution is 2.01. The van der Waals surface area contributed by atoms with Crippen LogP contribution in [0.2, 0.25) is 0 Å². The lowest BCUT2D eigenvalue weighted by molar-refractivity contribution is -0.147. The summed E-state index contributed by atoms with van der Waals surface area (Å²) < 4.78 is 6.00. The van der Waals surface area contributed by atoms with Gasteiger partial charge in [0, 0.05) is 12.7 Å². The smallest absolute Gasteiger partial charge is 0.325 e. The third kappa shape index (κ3) is 4.08. The summed E-state index contributed by atoms with van der Waals surface area (Å²) in [5, 5.41) is 3.93. The van der Waals surface area contributed by atoms with Crippen molar-refractivity contribution in [1.29, 1.82) is 0 Å². The SMILES string of the molecule is CCCN(CC(=O)OC)C(=O)Cn1cc(N)cn1. The fraction of sp³-hybridized carbons (Fsp3) is 0.545. The molecule has 1 aromatic heterocycles. The highest BCUT2D eigenvalue weighted by molar-refractivity contribution is 5.81. The van der Waals surface area contributed by atoms with Crippen LogP contribution in [-0.4, -0.2) is 46.8 Å². The first-order valence-corrected chi connectivity index (χ1v) is 5.69. The highest BCUT2D eigenvalue weighted by Gasteiger charge is 2.17. The summed E-state index contributed by atoms with van der Waals surface area (Å²) in [6.45, 7) is 2.46. The molecule has 18 heavy (non-hydrogen) atoms. The molecule has 7 nitrogen and oxygen atoms in total. The molecule has 0 atom stereocenters. The summed E-state index contributed by atoms with van der Waals surface area (Å²) >= 11 is 0. The Kier molecular flexibility index (Phi) is 5.16. The van der Waals surface area contributed by atoms with E-state index in [4.69, 9.17) is 5.73 Å². The number of nitrogens with zero attached hydrogens (tertiary/aromatic N) is 3. The van der Waals surface area contributed by atoms with Gasteiger partial charge in [0.25, 0.3) is 0 Å². The number of nitrogens with two attached hydrogens (primary N) is 1. The zero-order valence-corrected chi connectivity index (χ0v) is 10.6. The maximum atomic E-state index is 12.0. The molecule has 2 N–H and O–H groups in total. The van der Waals surface area contributed by atoms with Crippen molar-refractivity contribution in [3.8, 4) is 0 Å². The van der Waals surface area contributed by atoms with E-state index in [1.165, 1.54) is 22.9 Å². The largest absolute Gasteiger partial charge is 0.468 e. The van der Waals surface area contributed by atoms with Crippen LogP contribution in [0.3, 0.4) is 0 Å². The summed E-state index contributed by atoms with van der Waals surface area (Å²) in [5.41, 5.74) is 6.01. The zero-order chi connectivity index (χ0) is 13.5. The molecule has 7 heteroatoms. The van der Waals surface area contributed by atoms with Gasteiger partial charge in [-0.25, -0.2) is 0 Å². The molecule has 0 unspecified atom stereocenters. The van der Waals surface area contributed by atoms with E-state index in [1.807, 2.05) is 6.92 Å². The summed E-state index contributed by atoms with van der Waals surface area (Å²) in [6, 6.07) is 0. The Bertz CT molecular complexity index is 416. The average molecular weight is 254 g/mol. The first kappa shape index (κ1) is 14.0. The number of carbonyl (C=O) groups is 2. The first-order valence-electron chi connectivity index (χ1n) is 5.69. The normalized spacial score (nSPS) is 10.1. The molecule has 0 fully saturated rings. The molecule has 1 amide bonds. The van der Waals surface area contributed by atoms with Crippen LogP contribution in [0, 0.1) is 0 Å². The van der Waals surface area contributed by atoms with Gasteiger partial charge in [0.1, 0.15) is 13.1 Å². The molecule has 100 valence electrons. The zero-order valence-electron chi connectivity index (χ0n) is 10.6. The van der Waals surface area contributed by atoms with Gasteiger partial charge < -0.3 is 15.4 Å². The van der Waals surface area contributed by atoms with E-state index in [0.717, 1.165) is 6.42 Å². The molecule has 0 aliphatic rings. The van der Waals surface area contributed by atoms with Gasteiger partial charge in [-0.2, -0.15) is 5.10 Å². The van der Waals surface area contributed by atoms with Gasteiger partial charge in [-0.15, -0.1) is 0 Å². The third-order valence-electron chi connectivity index (χ3n) is 2.34. The van der Waals surface area contributed by atoms with Crippen LogP contribution in [0.4, 0.5) is 5.69 Å². The lowest BCUT2D eigenvalue weighted by atomic mass is 10.3. The van der Waals surface area contributed by atoms with Crippen LogP contribution in [0.1, 0.15) is 13.3 Å². The highest BCUT2D eigenvalue weighted by atomic mass is 16.5. The molecule has 1 heterocycles. The molecule has 0 aliphatic heterocycles. The van der Waals surface area contributed by atoms with E-state index < -0.39 is 5.97 Å². The van der Waals surface area contributed by atoms with E-state index in [9.17, 15) is 9.59 Å². The molecule has 0 aliphatic carbocycles. The van der Waals surface area contributed by atoms with Gasteiger partial charge in [0.15, 0.2) is 0 Å². The molecule has 0 bridgehead atoms. The molecular formula is C11H18N4O3. The summed E-state index contributed by atoms with van der Waals surface area (Å²) in [5.74, 6) is -0.623. The maximum absolute atomic E-state index is 12.0. The third-order valence-corrected chi connectivity index (χ3v) is 2.34. The number of nitrogen functional groups attached to an aromatic ring is 1. The topological polar surface area (TPSA) is 90.5 Å². The fourth-order valence-electron chi connectivity index (χ4n) is 1.49. The van der Waals surface area contributed by atoms with Crippen LogP contribution in [0.5, 0.6) is 0 Å². The number of amides is 1. The van der Waals surface area contributed by atoms with E-state index >= 15 is 0 Å². The van der Waals surface area contributed by atoms with E-state index in [-0.39, 0.29) is 19.0 Å². The van der Waals surface area contributed by atoms with Gasteiger partial charge in [0.05, 0.1) is 19.0 Å². The van der Waals surface area contributed by atoms with Gasteiger partial charge in [0.2, 0.25) is 5.91 Å². The van der Waals surface area contributed by atoms with Gasteiger partial charge in [-0.1, -0.05) is 6.92 Å². The predicted molar refractivity (Wildman–Crippen MR) is 65.5 cm³/mol. The minimum atomic E-state index is -0.434. The number of hydrogen-bond donors (Lipinski definition) is 1. The van der Waals surface area contributed by atoms with Crippen molar-refractivity contribution in [2.24, 2.45) is 0 Å². The Balaban J connectivity index is 2.61. The van der Waals surface area contributed by atoms with Crippen molar-refractivity contribution in [2.45, 2.75) is 19.9 Å². The molecular weight excluding hydrogens is 236 g/mol. The minimum Gasteiger partial charge on any atom is -0.468 e. The molecule has 0 aromatic carbocycles. The molecule has 0 spiro atoms. The van der Waals surface area contributed by atoms with Crippen LogP contribution in [0.25, 0.3) is 0 Å². The Morgan fingerprint density at radius 2 is 2.28 bits per heavy atom. The van der Waals surface area contributed by atoms with Crippen LogP contribution in [-0.2, 0) is 20.9 Å². The van der Waals surface area contributed by atoms with Crippen LogP contribution >= 0.6 is 0 Å². The summed E-state index contributed by atoms with van der Waals surface area (Å²) in [7, 11) is 1.30. The number of hydrogen-bond acceptors (Lipinski definition) is 5. The van der Waals surface area contributed by atoms with Crippen LogP contribution in [0.15, 0.2) is 12.4 Å². The average Bonchev–Trinajstić information content (AvgIpc) is 2.73. The lowest BCUT2D eigenvalue weighted by Crippen LogP contribution is -2.38. The van der Waals surface area contributed by atoms with Crippen molar-refractivity contribution in [3.63, 3.8) is 0 Å². The number of methoxy groups -OCH3 is 1. The van der Waals surface area contributed by atoms with Crippen LogP contribution < -0.4 is 5.73 Å². The second-order valence-electron chi connectivity index (χ2n) is 3.86. The van der Waals surface area contributed by atoms with Crippen molar-refractivity contribution < 1.29 is 14.3 Å². The number of anilines is 1. The predicted octanol–water partition coefficient (Wildman–Crippen LogP) is -0.123. The number of esters is 1. The molecule has 0 radical (unpaired) electrons. The number of aromatic nitrogens is 2. The van der Waals surface area contributed by atoms with Crippen molar-refractivity contribution >= 4 is 17.6 Å². The lowest BCUT2D eigenvalue weighted by Gasteiger charge is -2.20. The van der Waals surface area contributed by atoms with Gasteiger partial charge >= 0.3 is 5.97 Å². The Morgan fingerprint density at radius 1 is 1.56 bits per heavy atom. The monoisotopic (exact) mass is 254 g/mol. The molecule has 1 aromatic rings. The van der Waals surface area contributed by atoms with Gasteiger partial charge in [-0.05, 0) is 6.42 Å². The van der Waals surface area contributed by atoms with Crippen molar-refractivity contribution in [1.82, 2.24) is 14.7 Å². The van der Waals surface area contributed by atoms with E-state index in [2.05, 4.69) is 9.84 Å². The molecule has 1 rings (SSSR count). The Hall–Kier alpha value is -2.05. The minimum absolute atomic E-state index is 0.0417. The summed E-state index contributed by atoms with van der Waals surface area (Å²) in [6.07, 6.45) is 3.81. The number of carbonyl (C=O) groups excluding carboxylic acids is 2. The second kappa shape index (κ2) is 6.63.